The maximum atomic E-state index is 12.8. The molecule has 0 bridgehead atoms. The van der Waals surface area contributed by atoms with Crippen LogP contribution < -0.4 is 10.3 Å². The normalized spacial score (nSPS) is 16.0. The molecular formula is C20H24N2O3. The molecule has 132 valence electrons. The first-order chi connectivity index (χ1) is 12.1. The summed E-state index contributed by atoms with van der Waals surface area (Å²) in [6.07, 6.45) is 7.43. The largest absolute Gasteiger partial charge is 0.452 e. The van der Waals surface area contributed by atoms with Crippen molar-refractivity contribution >= 4 is 16.8 Å². The van der Waals surface area contributed by atoms with E-state index in [1.54, 1.807) is 31.2 Å². The number of hydrogen-bond acceptors (Lipinski definition) is 3. The number of amides is 1. The lowest BCUT2D eigenvalue weighted by molar-refractivity contribution is -0.130. The number of hydrogen-bond donors (Lipinski definition) is 1. The predicted octanol–water partition coefficient (Wildman–Crippen LogP) is 3.60. The number of carbonyl (C=O) groups is 1. The van der Waals surface area contributed by atoms with Gasteiger partial charge in [-0.05, 0) is 50.1 Å². The highest BCUT2D eigenvalue weighted by molar-refractivity contribution is 5.92. The zero-order valence-electron chi connectivity index (χ0n) is 14.7. The molecule has 25 heavy (non-hydrogen) atoms. The van der Waals surface area contributed by atoms with Crippen LogP contribution in [0.3, 0.4) is 0 Å². The van der Waals surface area contributed by atoms with Crippen LogP contribution in [0.5, 0.6) is 5.75 Å². The summed E-state index contributed by atoms with van der Waals surface area (Å²) in [7, 11) is 1.86. The fourth-order valence-corrected chi connectivity index (χ4v) is 3.36. The van der Waals surface area contributed by atoms with Gasteiger partial charge in [-0.2, -0.15) is 0 Å². The first kappa shape index (κ1) is 17.3. The number of likely N-dealkylation sites (N-methyl/N-ethyl adjacent to an activating group) is 1. The van der Waals surface area contributed by atoms with Crippen molar-refractivity contribution in [2.24, 2.45) is 0 Å². The Morgan fingerprint density at radius 1 is 1.20 bits per heavy atom. The molecule has 1 heterocycles. The van der Waals surface area contributed by atoms with Crippen LogP contribution in [0, 0.1) is 0 Å². The lowest BCUT2D eigenvalue weighted by atomic mass is 9.94. The monoisotopic (exact) mass is 340 g/mol. The Bertz CT molecular complexity index is 847. The number of aromatic nitrogens is 1. The van der Waals surface area contributed by atoms with Gasteiger partial charge in [0.2, 0.25) is 5.56 Å². The highest BCUT2D eigenvalue weighted by Gasteiger charge is 2.25. The minimum Gasteiger partial charge on any atom is -0.452 e. The third kappa shape index (κ3) is 3.92. The van der Waals surface area contributed by atoms with Crippen LogP contribution in [0.1, 0.15) is 39.0 Å². The average molecular weight is 340 g/mol. The number of carbonyl (C=O) groups excluding carboxylic acids is 1. The number of pyridine rings is 1. The number of aromatic amines is 1. The molecule has 0 saturated heterocycles. The SMILES string of the molecule is CC=C(Oc1ccc2[nH]c(=O)ccc2c1)C(=O)N(C)C1CCCCC1. The summed E-state index contributed by atoms with van der Waals surface area (Å²) in [5.74, 6) is 0.825. The van der Waals surface area contributed by atoms with Crippen molar-refractivity contribution in [3.05, 3.63) is 52.5 Å². The second-order valence-corrected chi connectivity index (χ2v) is 6.53. The molecule has 0 radical (unpaired) electrons. The first-order valence-corrected chi connectivity index (χ1v) is 8.83. The van der Waals surface area contributed by atoms with Gasteiger partial charge in [-0.25, -0.2) is 0 Å². The molecule has 1 saturated carbocycles. The van der Waals surface area contributed by atoms with Crippen LogP contribution in [0.2, 0.25) is 0 Å². The standard InChI is InChI=1S/C20H24N2O3/c1-3-18(20(24)22(2)15-7-5-4-6-8-15)25-16-10-11-17-14(13-16)9-12-19(23)21-17/h3,9-13,15H,4-8H2,1-2H3,(H,21,23). The van der Waals surface area contributed by atoms with Gasteiger partial charge in [0.25, 0.3) is 5.91 Å². The number of benzene rings is 1. The molecule has 0 spiro atoms. The van der Waals surface area contributed by atoms with E-state index in [-0.39, 0.29) is 11.5 Å². The minimum atomic E-state index is -0.139. The summed E-state index contributed by atoms with van der Waals surface area (Å²) in [4.78, 5) is 28.7. The number of fused-ring (bicyclic) bond motifs is 1. The molecular weight excluding hydrogens is 316 g/mol. The van der Waals surface area contributed by atoms with Gasteiger partial charge in [-0.1, -0.05) is 19.3 Å². The number of rotatable bonds is 4. The number of nitrogens with zero attached hydrogens (tertiary/aromatic N) is 1. The maximum absolute atomic E-state index is 12.8. The smallest absolute Gasteiger partial charge is 0.289 e. The fraction of sp³-hybridized carbons (Fsp3) is 0.400. The topological polar surface area (TPSA) is 62.4 Å². The first-order valence-electron chi connectivity index (χ1n) is 8.83. The van der Waals surface area contributed by atoms with Gasteiger partial charge in [0.05, 0.1) is 0 Å². The molecule has 1 fully saturated rings. The number of nitrogens with one attached hydrogen (secondary N) is 1. The Hall–Kier alpha value is -2.56. The number of allylic oxidation sites excluding steroid dienone is 1. The average Bonchev–Trinajstić information content (AvgIpc) is 2.65. The van der Waals surface area contributed by atoms with E-state index in [1.807, 2.05) is 18.0 Å². The Balaban J connectivity index is 1.76. The minimum absolute atomic E-state index is 0.0871. The third-order valence-corrected chi connectivity index (χ3v) is 4.84. The summed E-state index contributed by atoms with van der Waals surface area (Å²) < 4.78 is 5.85. The van der Waals surface area contributed by atoms with E-state index < -0.39 is 0 Å². The Morgan fingerprint density at radius 3 is 2.68 bits per heavy atom. The summed E-state index contributed by atoms with van der Waals surface area (Å²) >= 11 is 0. The van der Waals surface area contributed by atoms with Gasteiger partial charge in [0.15, 0.2) is 5.76 Å². The van der Waals surface area contributed by atoms with E-state index in [4.69, 9.17) is 4.74 Å². The van der Waals surface area contributed by atoms with E-state index in [2.05, 4.69) is 4.98 Å². The second kappa shape index (κ2) is 7.55. The van der Waals surface area contributed by atoms with Crippen molar-refractivity contribution in [2.45, 2.75) is 45.1 Å². The molecule has 1 aliphatic carbocycles. The van der Waals surface area contributed by atoms with E-state index in [0.29, 0.717) is 17.6 Å². The zero-order chi connectivity index (χ0) is 17.8. The molecule has 0 aliphatic heterocycles. The fourth-order valence-electron chi connectivity index (χ4n) is 3.36. The van der Waals surface area contributed by atoms with E-state index in [0.717, 1.165) is 23.7 Å². The van der Waals surface area contributed by atoms with Gasteiger partial charge < -0.3 is 14.6 Å². The Morgan fingerprint density at radius 2 is 1.96 bits per heavy atom. The molecule has 0 atom stereocenters. The molecule has 5 nitrogen and oxygen atoms in total. The highest BCUT2D eigenvalue weighted by Crippen LogP contribution is 2.24. The van der Waals surface area contributed by atoms with Crippen molar-refractivity contribution in [3.8, 4) is 5.75 Å². The molecule has 1 aromatic carbocycles. The van der Waals surface area contributed by atoms with E-state index in [1.165, 1.54) is 25.3 Å². The molecule has 2 aromatic rings. The molecule has 0 unspecified atom stereocenters. The van der Waals surface area contributed by atoms with Crippen LogP contribution in [0.25, 0.3) is 10.9 Å². The van der Waals surface area contributed by atoms with Crippen LogP contribution in [-0.4, -0.2) is 28.9 Å². The molecule has 1 aliphatic rings. The lowest BCUT2D eigenvalue weighted by Gasteiger charge is -2.31. The molecule has 3 rings (SSSR count). The lowest BCUT2D eigenvalue weighted by Crippen LogP contribution is -2.39. The summed E-state index contributed by atoms with van der Waals surface area (Å²) in [5, 5.41) is 0.862. The van der Waals surface area contributed by atoms with Crippen molar-refractivity contribution in [3.63, 3.8) is 0 Å². The van der Waals surface area contributed by atoms with Gasteiger partial charge in [0, 0.05) is 30.1 Å². The van der Waals surface area contributed by atoms with Crippen molar-refractivity contribution < 1.29 is 9.53 Å². The van der Waals surface area contributed by atoms with Crippen molar-refractivity contribution in [2.75, 3.05) is 7.05 Å². The van der Waals surface area contributed by atoms with Gasteiger partial charge >= 0.3 is 0 Å². The van der Waals surface area contributed by atoms with Crippen LogP contribution in [0.15, 0.2) is 47.0 Å². The van der Waals surface area contributed by atoms with Crippen molar-refractivity contribution in [1.29, 1.82) is 0 Å². The zero-order valence-corrected chi connectivity index (χ0v) is 14.7. The summed E-state index contributed by atoms with van der Waals surface area (Å²) in [6.45, 7) is 1.81. The van der Waals surface area contributed by atoms with Gasteiger partial charge in [-0.3, -0.25) is 9.59 Å². The third-order valence-electron chi connectivity index (χ3n) is 4.84. The predicted molar refractivity (Wildman–Crippen MR) is 98.6 cm³/mol. The molecule has 1 aromatic heterocycles. The van der Waals surface area contributed by atoms with Crippen molar-refractivity contribution in [1.82, 2.24) is 9.88 Å². The molecule has 1 amide bonds. The van der Waals surface area contributed by atoms with Gasteiger partial charge in [-0.15, -0.1) is 0 Å². The Labute approximate surface area is 147 Å². The van der Waals surface area contributed by atoms with E-state index >= 15 is 0 Å². The van der Waals surface area contributed by atoms with E-state index in [9.17, 15) is 9.59 Å². The summed E-state index contributed by atoms with van der Waals surface area (Å²) in [5.41, 5.74) is 0.604. The highest BCUT2D eigenvalue weighted by atomic mass is 16.5. The quantitative estimate of drug-likeness (QED) is 0.683. The van der Waals surface area contributed by atoms with Crippen LogP contribution in [-0.2, 0) is 4.79 Å². The second-order valence-electron chi connectivity index (χ2n) is 6.53. The number of H-pyrrole nitrogens is 1. The van der Waals surface area contributed by atoms with Crippen LogP contribution in [0.4, 0.5) is 0 Å². The van der Waals surface area contributed by atoms with Crippen LogP contribution >= 0.6 is 0 Å². The molecule has 5 heteroatoms. The molecule has 1 N–H and O–H groups in total. The maximum Gasteiger partial charge on any atom is 0.289 e. The summed E-state index contributed by atoms with van der Waals surface area (Å²) in [6, 6.07) is 8.88. The van der Waals surface area contributed by atoms with Gasteiger partial charge in [0.1, 0.15) is 5.75 Å². The Kier molecular flexibility index (Phi) is 5.22. The number of ether oxygens (including phenoxy) is 1.